The average Bonchev–Trinajstić information content (AvgIpc) is 2.81. The van der Waals surface area contributed by atoms with Crippen molar-refractivity contribution in [2.24, 2.45) is 13.0 Å². The first-order valence-corrected chi connectivity index (χ1v) is 6.59. The summed E-state index contributed by atoms with van der Waals surface area (Å²) in [6.45, 7) is 3.45. The maximum absolute atomic E-state index is 11.8. The van der Waals surface area contributed by atoms with E-state index in [-0.39, 0.29) is 12.5 Å². The van der Waals surface area contributed by atoms with E-state index in [4.69, 9.17) is 5.11 Å². The number of carbonyl (C=O) groups is 3. The van der Waals surface area contributed by atoms with Gasteiger partial charge in [-0.15, -0.1) is 0 Å². The first kappa shape index (κ1) is 16.7. The number of hydrogen-bond acceptors (Lipinski definition) is 4. The van der Waals surface area contributed by atoms with Crippen LogP contribution >= 0.6 is 0 Å². The van der Waals surface area contributed by atoms with E-state index < -0.39 is 23.8 Å². The summed E-state index contributed by atoms with van der Waals surface area (Å²) >= 11 is 0. The topological polar surface area (TPSA) is 113 Å². The third kappa shape index (κ3) is 5.25. The predicted octanol–water partition coefficient (Wildman–Crippen LogP) is -0.235. The van der Waals surface area contributed by atoms with Gasteiger partial charge in [0.1, 0.15) is 11.7 Å². The van der Waals surface area contributed by atoms with Crippen molar-refractivity contribution in [2.75, 3.05) is 6.54 Å². The second kappa shape index (κ2) is 7.41. The molecule has 0 aliphatic rings. The van der Waals surface area contributed by atoms with Crippen LogP contribution in [0.1, 0.15) is 30.8 Å². The molecule has 3 N–H and O–H groups in total. The molecular weight excluding hydrogens is 276 g/mol. The summed E-state index contributed by atoms with van der Waals surface area (Å²) in [5.74, 6) is -1.94. The minimum atomic E-state index is -1.09. The lowest BCUT2D eigenvalue weighted by Gasteiger charge is -2.16. The Labute approximate surface area is 122 Å². The van der Waals surface area contributed by atoms with Gasteiger partial charge in [-0.2, -0.15) is 5.10 Å². The lowest BCUT2D eigenvalue weighted by molar-refractivity contribution is -0.142. The molecule has 0 radical (unpaired) electrons. The van der Waals surface area contributed by atoms with E-state index in [2.05, 4.69) is 15.7 Å². The molecule has 116 valence electrons. The van der Waals surface area contributed by atoms with Gasteiger partial charge in [0.05, 0.1) is 6.54 Å². The van der Waals surface area contributed by atoms with Gasteiger partial charge < -0.3 is 15.7 Å². The number of aromatic nitrogens is 2. The highest BCUT2D eigenvalue weighted by Crippen LogP contribution is 2.04. The largest absolute Gasteiger partial charge is 0.480 e. The highest BCUT2D eigenvalue weighted by Gasteiger charge is 2.21. The summed E-state index contributed by atoms with van der Waals surface area (Å²) in [4.78, 5) is 34.5. The quantitative estimate of drug-likeness (QED) is 0.643. The fourth-order valence-electron chi connectivity index (χ4n) is 1.79. The first-order chi connectivity index (χ1) is 9.81. The van der Waals surface area contributed by atoms with Crippen LogP contribution in [0.25, 0.3) is 0 Å². The van der Waals surface area contributed by atoms with E-state index in [0.29, 0.717) is 12.1 Å². The van der Waals surface area contributed by atoms with Crippen molar-refractivity contribution in [1.82, 2.24) is 20.4 Å². The fourth-order valence-corrected chi connectivity index (χ4v) is 1.79. The molecule has 0 aromatic carbocycles. The number of nitrogens with zero attached hydrogens (tertiary/aromatic N) is 2. The van der Waals surface area contributed by atoms with Crippen LogP contribution in [-0.2, 0) is 16.6 Å². The fraction of sp³-hybridized carbons (Fsp3) is 0.538. The van der Waals surface area contributed by atoms with Crippen LogP contribution in [0.2, 0.25) is 0 Å². The Morgan fingerprint density at radius 3 is 2.52 bits per heavy atom. The Balaban J connectivity index is 2.48. The summed E-state index contributed by atoms with van der Waals surface area (Å²) in [5.41, 5.74) is 0.319. The van der Waals surface area contributed by atoms with Crippen molar-refractivity contribution in [3.8, 4) is 0 Å². The molecular formula is C13H20N4O4. The molecule has 0 bridgehead atoms. The molecule has 1 aromatic heterocycles. The minimum Gasteiger partial charge on any atom is -0.480 e. The summed E-state index contributed by atoms with van der Waals surface area (Å²) in [5, 5.41) is 17.7. The third-order valence-electron chi connectivity index (χ3n) is 2.80. The lowest BCUT2D eigenvalue weighted by atomic mass is 10.0. The zero-order valence-corrected chi connectivity index (χ0v) is 12.3. The zero-order chi connectivity index (χ0) is 16.0. The Bertz CT molecular complexity index is 524. The number of carboxylic acid groups (broad SMARTS) is 1. The molecule has 1 aromatic rings. The van der Waals surface area contributed by atoms with Gasteiger partial charge in [0.2, 0.25) is 5.91 Å². The van der Waals surface area contributed by atoms with Crippen molar-refractivity contribution in [3.63, 3.8) is 0 Å². The molecule has 0 aliphatic carbocycles. The van der Waals surface area contributed by atoms with Crippen LogP contribution in [0.5, 0.6) is 0 Å². The number of nitrogens with one attached hydrogen (secondary N) is 2. The third-order valence-corrected chi connectivity index (χ3v) is 2.80. The van der Waals surface area contributed by atoms with Gasteiger partial charge in [-0.05, 0) is 18.4 Å². The monoisotopic (exact) mass is 296 g/mol. The highest BCUT2D eigenvalue weighted by atomic mass is 16.4. The molecule has 2 amide bonds. The van der Waals surface area contributed by atoms with E-state index in [1.807, 2.05) is 13.8 Å². The normalized spacial score (nSPS) is 12.0. The Morgan fingerprint density at radius 1 is 1.38 bits per heavy atom. The number of amides is 2. The minimum absolute atomic E-state index is 0.135. The molecule has 1 heterocycles. The van der Waals surface area contributed by atoms with Crippen molar-refractivity contribution in [2.45, 2.75) is 26.3 Å². The van der Waals surface area contributed by atoms with Crippen molar-refractivity contribution < 1.29 is 19.5 Å². The Hall–Kier alpha value is -2.38. The van der Waals surface area contributed by atoms with Gasteiger partial charge >= 0.3 is 5.97 Å². The SMILES string of the molecule is CC(C)C[C@H](NC(=O)CNC(=O)c1ccnn1C)C(=O)O. The predicted molar refractivity (Wildman–Crippen MR) is 74.6 cm³/mol. The molecule has 8 nitrogen and oxygen atoms in total. The maximum atomic E-state index is 11.8. The molecule has 1 atom stereocenters. The van der Waals surface area contributed by atoms with Crippen LogP contribution in [0.3, 0.4) is 0 Å². The van der Waals surface area contributed by atoms with Gasteiger partial charge in [0, 0.05) is 13.2 Å². The highest BCUT2D eigenvalue weighted by molar-refractivity contribution is 5.95. The van der Waals surface area contributed by atoms with E-state index in [0.717, 1.165) is 0 Å². The van der Waals surface area contributed by atoms with Crippen LogP contribution in [0.4, 0.5) is 0 Å². The van der Waals surface area contributed by atoms with Gasteiger partial charge in [-0.25, -0.2) is 4.79 Å². The van der Waals surface area contributed by atoms with Crippen molar-refractivity contribution >= 4 is 17.8 Å². The number of carboxylic acids is 1. The van der Waals surface area contributed by atoms with E-state index in [1.165, 1.54) is 16.9 Å². The van der Waals surface area contributed by atoms with Gasteiger partial charge in [0.15, 0.2) is 0 Å². The molecule has 8 heteroatoms. The molecule has 0 saturated heterocycles. The second-order valence-corrected chi connectivity index (χ2v) is 5.11. The average molecular weight is 296 g/mol. The van der Waals surface area contributed by atoms with E-state index >= 15 is 0 Å². The maximum Gasteiger partial charge on any atom is 0.326 e. The van der Waals surface area contributed by atoms with Crippen LogP contribution in [0.15, 0.2) is 12.3 Å². The van der Waals surface area contributed by atoms with Crippen LogP contribution in [0, 0.1) is 5.92 Å². The number of hydrogen-bond donors (Lipinski definition) is 3. The second-order valence-electron chi connectivity index (χ2n) is 5.11. The molecule has 0 unspecified atom stereocenters. The van der Waals surface area contributed by atoms with Gasteiger partial charge in [0.25, 0.3) is 5.91 Å². The standard InChI is InChI=1S/C13H20N4O4/c1-8(2)6-9(13(20)21)16-11(18)7-14-12(19)10-4-5-15-17(10)3/h4-5,8-9H,6-7H2,1-3H3,(H,14,19)(H,16,18)(H,20,21)/t9-/m0/s1. The van der Waals surface area contributed by atoms with Crippen molar-refractivity contribution in [1.29, 1.82) is 0 Å². The molecule has 0 saturated carbocycles. The number of rotatable bonds is 7. The lowest BCUT2D eigenvalue weighted by Crippen LogP contribution is -2.46. The zero-order valence-electron chi connectivity index (χ0n) is 12.3. The number of carbonyl (C=O) groups excluding carboxylic acids is 2. The number of aliphatic carboxylic acids is 1. The number of aryl methyl sites for hydroxylation is 1. The summed E-state index contributed by atoms with van der Waals surface area (Å²) in [7, 11) is 1.61. The van der Waals surface area contributed by atoms with Gasteiger partial charge in [-0.3, -0.25) is 14.3 Å². The Morgan fingerprint density at radius 2 is 2.05 bits per heavy atom. The Kier molecular flexibility index (Phi) is 5.89. The van der Waals surface area contributed by atoms with Gasteiger partial charge in [-0.1, -0.05) is 13.8 Å². The molecule has 0 spiro atoms. The first-order valence-electron chi connectivity index (χ1n) is 6.59. The summed E-state index contributed by atoms with van der Waals surface area (Å²) in [6, 6.07) is 0.567. The molecule has 1 rings (SSSR count). The summed E-state index contributed by atoms with van der Waals surface area (Å²) in [6.07, 6.45) is 1.80. The molecule has 21 heavy (non-hydrogen) atoms. The molecule has 0 aliphatic heterocycles. The summed E-state index contributed by atoms with van der Waals surface area (Å²) < 4.78 is 1.38. The molecule has 0 fully saturated rings. The van der Waals surface area contributed by atoms with E-state index in [1.54, 1.807) is 7.05 Å². The smallest absolute Gasteiger partial charge is 0.326 e. The van der Waals surface area contributed by atoms with Crippen LogP contribution < -0.4 is 10.6 Å². The van der Waals surface area contributed by atoms with Crippen molar-refractivity contribution in [3.05, 3.63) is 18.0 Å². The van der Waals surface area contributed by atoms with E-state index in [9.17, 15) is 14.4 Å². The van der Waals surface area contributed by atoms with Crippen LogP contribution in [-0.4, -0.2) is 45.3 Å².